The lowest BCUT2D eigenvalue weighted by atomic mass is 9.85. The lowest BCUT2D eigenvalue weighted by Gasteiger charge is -2.23. The van der Waals surface area contributed by atoms with Crippen molar-refractivity contribution in [3.63, 3.8) is 0 Å². The van der Waals surface area contributed by atoms with E-state index >= 15 is 0 Å². The maximum Gasteiger partial charge on any atom is 0.259 e. The Morgan fingerprint density at radius 1 is 1.12 bits per heavy atom. The summed E-state index contributed by atoms with van der Waals surface area (Å²) < 4.78 is 33.8. The Balaban J connectivity index is 1.42. The number of ether oxygens (including phenoxy) is 1. The van der Waals surface area contributed by atoms with Crippen LogP contribution >= 0.6 is 0 Å². The van der Waals surface area contributed by atoms with Gasteiger partial charge >= 0.3 is 0 Å². The first kappa shape index (κ1) is 30.0. The number of aromatic nitrogens is 4. The number of rotatable bonds is 9. The molecule has 1 fully saturated rings. The molecule has 11 nitrogen and oxygen atoms in total. The summed E-state index contributed by atoms with van der Waals surface area (Å²) in [6.45, 7) is 7.90. The highest BCUT2D eigenvalue weighted by atomic mass is 32.2. The third kappa shape index (κ3) is 6.80. The molecule has 1 aliphatic carbocycles. The summed E-state index contributed by atoms with van der Waals surface area (Å²) >= 11 is 0. The van der Waals surface area contributed by atoms with E-state index in [4.69, 9.17) is 4.74 Å². The minimum atomic E-state index is -3.62. The molecule has 0 aliphatic heterocycles. The van der Waals surface area contributed by atoms with E-state index in [1.807, 2.05) is 58.2 Å². The summed E-state index contributed by atoms with van der Waals surface area (Å²) in [5, 5.41) is 11.6. The summed E-state index contributed by atoms with van der Waals surface area (Å²) in [5.74, 6) is 0.616. The second-order valence-corrected chi connectivity index (χ2v) is 13.7. The Bertz CT molecular complexity index is 1770. The van der Waals surface area contributed by atoms with Gasteiger partial charge in [-0.15, -0.1) is 5.10 Å². The highest BCUT2D eigenvalue weighted by molar-refractivity contribution is 7.92. The molecule has 43 heavy (non-hydrogen) atoms. The Labute approximate surface area is 252 Å². The van der Waals surface area contributed by atoms with Gasteiger partial charge in [0.15, 0.2) is 5.75 Å². The molecule has 2 heterocycles. The highest BCUT2D eigenvalue weighted by Crippen LogP contribution is 2.36. The largest absolute Gasteiger partial charge is 0.494 e. The predicted octanol–water partition coefficient (Wildman–Crippen LogP) is 5.17. The van der Waals surface area contributed by atoms with Crippen molar-refractivity contribution in [3.8, 4) is 22.7 Å². The van der Waals surface area contributed by atoms with E-state index in [0.717, 1.165) is 34.5 Å². The zero-order valence-corrected chi connectivity index (χ0v) is 26.3. The van der Waals surface area contributed by atoms with Crippen LogP contribution in [0.1, 0.15) is 55.1 Å². The van der Waals surface area contributed by atoms with Gasteiger partial charge in [0.05, 0.1) is 36.5 Å². The minimum absolute atomic E-state index is 0.132. The Kier molecular flexibility index (Phi) is 7.91. The zero-order chi connectivity index (χ0) is 31.1. The van der Waals surface area contributed by atoms with Gasteiger partial charge in [-0.05, 0) is 72.7 Å². The van der Waals surface area contributed by atoms with Crippen LogP contribution in [0.2, 0.25) is 0 Å². The Morgan fingerprint density at radius 2 is 1.86 bits per heavy atom. The van der Waals surface area contributed by atoms with Gasteiger partial charge in [-0.1, -0.05) is 32.1 Å². The molecule has 2 aromatic heterocycles. The quantitative estimate of drug-likeness (QED) is 0.268. The summed E-state index contributed by atoms with van der Waals surface area (Å²) in [6.07, 6.45) is 7.09. The predicted molar refractivity (Wildman–Crippen MR) is 169 cm³/mol. The first-order chi connectivity index (χ1) is 20.2. The third-order valence-corrected chi connectivity index (χ3v) is 8.00. The van der Waals surface area contributed by atoms with Gasteiger partial charge in [0.1, 0.15) is 11.5 Å². The van der Waals surface area contributed by atoms with Crippen LogP contribution in [0.3, 0.4) is 0 Å². The van der Waals surface area contributed by atoms with Crippen molar-refractivity contribution >= 4 is 33.1 Å². The summed E-state index contributed by atoms with van der Waals surface area (Å²) in [7, 11) is -0.160. The summed E-state index contributed by atoms with van der Waals surface area (Å²) in [4.78, 5) is 20.4. The lowest BCUT2D eigenvalue weighted by Crippen LogP contribution is -2.20. The molecule has 1 amide bonds. The number of carbonyl (C=O) groups excluding carboxylic acids is 1. The van der Waals surface area contributed by atoms with Crippen molar-refractivity contribution in [1.29, 1.82) is 0 Å². The molecule has 0 unspecified atom stereocenters. The number of hydrogen-bond acceptors (Lipinski definition) is 8. The van der Waals surface area contributed by atoms with E-state index in [-0.39, 0.29) is 22.4 Å². The number of anilines is 3. The topological polar surface area (TPSA) is 131 Å². The molecule has 0 radical (unpaired) electrons. The number of pyridine rings is 1. The van der Waals surface area contributed by atoms with Crippen molar-refractivity contribution in [3.05, 3.63) is 71.5 Å². The van der Waals surface area contributed by atoms with Crippen LogP contribution in [-0.2, 0) is 15.4 Å². The van der Waals surface area contributed by atoms with Crippen molar-refractivity contribution in [2.75, 3.05) is 35.4 Å². The molecule has 226 valence electrons. The number of methoxy groups -OCH3 is 1. The second-order valence-electron chi connectivity index (χ2n) is 12.0. The fourth-order valence-corrected chi connectivity index (χ4v) is 5.32. The van der Waals surface area contributed by atoms with Gasteiger partial charge < -0.3 is 15.0 Å². The summed E-state index contributed by atoms with van der Waals surface area (Å²) in [6, 6.07) is 13.5. The maximum absolute atomic E-state index is 13.6. The zero-order valence-electron chi connectivity index (χ0n) is 25.5. The average molecular weight is 604 g/mol. The van der Waals surface area contributed by atoms with Gasteiger partial charge in [-0.25, -0.2) is 18.1 Å². The molecule has 4 aromatic rings. The molecule has 0 atom stereocenters. The molecule has 12 heteroatoms. The summed E-state index contributed by atoms with van der Waals surface area (Å²) in [5.41, 5.74) is 4.54. The van der Waals surface area contributed by atoms with Gasteiger partial charge in [-0.3, -0.25) is 9.52 Å². The highest BCUT2D eigenvalue weighted by Gasteiger charge is 2.27. The number of hydrogen-bond donors (Lipinski definition) is 2. The number of nitrogens with zero attached hydrogens (tertiary/aromatic N) is 5. The van der Waals surface area contributed by atoms with Crippen LogP contribution in [-0.4, -0.2) is 60.8 Å². The molecule has 1 aliphatic rings. The smallest absolute Gasteiger partial charge is 0.259 e. The van der Waals surface area contributed by atoms with Gasteiger partial charge in [0, 0.05) is 30.5 Å². The maximum atomic E-state index is 13.6. The first-order valence-corrected chi connectivity index (χ1v) is 15.9. The van der Waals surface area contributed by atoms with E-state index in [1.165, 1.54) is 20.0 Å². The van der Waals surface area contributed by atoms with Gasteiger partial charge in [0.25, 0.3) is 5.91 Å². The normalized spacial score (nSPS) is 13.5. The van der Waals surface area contributed by atoms with Gasteiger partial charge in [-0.2, -0.15) is 0 Å². The molecule has 0 bridgehead atoms. The van der Waals surface area contributed by atoms with Crippen LogP contribution < -0.4 is 19.7 Å². The van der Waals surface area contributed by atoms with E-state index in [0.29, 0.717) is 17.4 Å². The number of nitrogens with one attached hydrogen (secondary N) is 2. The number of amides is 1. The van der Waals surface area contributed by atoms with E-state index in [2.05, 4.69) is 37.3 Å². The van der Waals surface area contributed by atoms with Crippen molar-refractivity contribution in [2.24, 2.45) is 0 Å². The van der Waals surface area contributed by atoms with E-state index in [1.54, 1.807) is 29.1 Å². The first-order valence-electron chi connectivity index (χ1n) is 14.0. The van der Waals surface area contributed by atoms with Crippen LogP contribution in [0.5, 0.6) is 5.75 Å². The molecule has 2 N–H and O–H groups in total. The SMILES string of the molecule is COc1c(NS(C)(=O)=O)cc(C(C)(C)C)cc1C(=O)Nc1ccc(C)c(-n2cc(-c3ccc(N(C)C4CC4)nc3)nn2)c1. The molecule has 1 saturated carbocycles. The molecular formula is C31H37N7O4S. The van der Waals surface area contributed by atoms with E-state index < -0.39 is 15.9 Å². The molecule has 0 spiro atoms. The Morgan fingerprint density at radius 3 is 2.47 bits per heavy atom. The number of carbonyl (C=O) groups is 1. The molecular weight excluding hydrogens is 566 g/mol. The van der Waals surface area contributed by atoms with Gasteiger partial charge in [0.2, 0.25) is 10.0 Å². The number of sulfonamides is 1. The van der Waals surface area contributed by atoms with E-state index in [9.17, 15) is 13.2 Å². The third-order valence-electron chi connectivity index (χ3n) is 7.41. The van der Waals surface area contributed by atoms with Crippen molar-refractivity contribution < 1.29 is 17.9 Å². The monoisotopic (exact) mass is 603 g/mol. The van der Waals surface area contributed by atoms with Crippen LogP contribution in [0.25, 0.3) is 16.9 Å². The van der Waals surface area contributed by atoms with Crippen LogP contribution in [0.15, 0.2) is 54.9 Å². The van der Waals surface area contributed by atoms with Crippen molar-refractivity contribution in [2.45, 2.75) is 52.0 Å². The molecule has 5 rings (SSSR count). The average Bonchev–Trinajstić information content (AvgIpc) is 3.68. The minimum Gasteiger partial charge on any atom is -0.494 e. The lowest BCUT2D eigenvalue weighted by molar-refractivity contribution is 0.102. The van der Waals surface area contributed by atoms with Crippen LogP contribution in [0.4, 0.5) is 17.2 Å². The Hall–Kier alpha value is -4.45. The van der Waals surface area contributed by atoms with Crippen molar-refractivity contribution in [1.82, 2.24) is 20.0 Å². The van der Waals surface area contributed by atoms with Crippen LogP contribution in [0, 0.1) is 6.92 Å². The number of aryl methyl sites for hydroxylation is 1. The molecule has 2 aromatic carbocycles. The number of benzene rings is 2. The fourth-order valence-electron chi connectivity index (χ4n) is 4.77. The second kappa shape index (κ2) is 11.3. The fraction of sp³-hybridized carbons (Fsp3) is 0.355. The molecule has 0 saturated heterocycles. The standard InChI is InChI=1S/C31H37N7O4S/c1-19-8-10-22(33-30(39)24-14-21(31(2,3)4)15-25(29(24)42-6)35-43(7,40)41)16-27(19)38-18-26(34-36-38)20-9-13-28(32-17-20)37(5)23-11-12-23/h8-10,13-18,23,35H,11-12H2,1-7H3,(H,33,39).